The standard InChI is InChI=1S/C13H13N3O5/c1-21-10-6-11-12(17)15(13(18)14(11)7-10)8-3-2-4-9(5-8)16(19)20/h2-5,10-11H,6-7H2,1H3. The minimum absolute atomic E-state index is 0.143. The zero-order chi connectivity index (χ0) is 15.1. The number of amides is 3. The van der Waals surface area contributed by atoms with Gasteiger partial charge in [-0.05, 0) is 6.07 Å². The van der Waals surface area contributed by atoms with Gasteiger partial charge in [-0.25, -0.2) is 9.69 Å². The number of hydrogen-bond acceptors (Lipinski definition) is 5. The van der Waals surface area contributed by atoms with Crippen molar-refractivity contribution in [1.82, 2.24) is 4.90 Å². The Balaban J connectivity index is 1.91. The van der Waals surface area contributed by atoms with Crippen molar-refractivity contribution in [3.63, 3.8) is 0 Å². The van der Waals surface area contributed by atoms with Gasteiger partial charge in [0.25, 0.3) is 11.6 Å². The monoisotopic (exact) mass is 291 g/mol. The van der Waals surface area contributed by atoms with Gasteiger partial charge in [0.2, 0.25) is 0 Å². The molecule has 3 rings (SSSR count). The highest BCUT2D eigenvalue weighted by molar-refractivity contribution is 6.21. The SMILES string of the molecule is COC1CC2C(=O)N(c3cccc([N+](=O)[O-])c3)C(=O)N2C1. The zero-order valence-corrected chi connectivity index (χ0v) is 11.3. The van der Waals surface area contributed by atoms with Crippen molar-refractivity contribution >= 4 is 23.3 Å². The third-order valence-corrected chi connectivity index (χ3v) is 3.84. The third-order valence-electron chi connectivity index (χ3n) is 3.84. The van der Waals surface area contributed by atoms with Crippen LogP contribution >= 0.6 is 0 Å². The van der Waals surface area contributed by atoms with Crippen LogP contribution in [0.4, 0.5) is 16.2 Å². The topological polar surface area (TPSA) is 93.0 Å². The van der Waals surface area contributed by atoms with Crippen LogP contribution in [0.3, 0.4) is 0 Å². The summed E-state index contributed by atoms with van der Waals surface area (Å²) < 4.78 is 5.18. The molecule has 2 heterocycles. The molecule has 0 spiro atoms. The number of urea groups is 1. The Kier molecular flexibility index (Phi) is 3.09. The minimum Gasteiger partial charge on any atom is -0.380 e. The number of anilines is 1. The highest BCUT2D eigenvalue weighted by Gasteiger charge is 2.51. The minimum atomic E-state index is -0.559. The first-order chi connectivity index (χ1) is 10.0. The maximum Gasteiger partial charge on any atom is 0.332 e. The van der Waals surface area contributed by atoms with E-state index in [9.17, 15) is 19.7 Å². The maximum absolute atomic E-state index is 12.4. The largest absolute Gasteiger partial charge is 0.380 e. The van der Waals surface area contributed by atoms with Crippen LogP contribution in [0.15, 0.2) is 24.3 Å². The number of methoxy groups -OCH3 is 1. The molecule has 0 aromatic heterocycles. The molecule has 2 aliphatic heterocycles. The fourth-order valence-corrected chi connectivity index (χ4v) is 2.77. The molecule has 2 atom stereocenters. The van der Waals surface area contributed by atoms with Gasteiger partial charge in [0.05, 0.1) is 16.7 Å². The second-order valence-electron chi connectivity index (χ2n) is 4.99. The number of carbonyl (C=O) groups excluding carboxylic acids is 2. The normalized spacial score (nSPS) is 24.6. The van der Waals surface area contributed by atoms with Gasteiger partial charge in [0.1, 0.15) is 6.04 Å². The number of hydrogen-bond donors (Lipinski definition) is 0. The number of rotatable bonds is 3. The van der Waals surface area contributed by atoms with Crippen LogP contribution in [-0.4, -0.2) is 47.6 Å². The van der Waals surface area contributed by atoms with Crippen LogP contribution < -0.4 is 4.90 Å². The summed E-state index contributed by atoms with van der Waals surface area (Å²) in [7, 11) is 1.54. The predicted octanol–water partition coefficient (Wildman–Crippen LogP) is 1.15. The molecular weight excluding hydrogens is 278 g/mol. The molecule has 3 amide bonds. The summed E-state index contributed by atoms with van der Waals surface area (Å²) in [5.74, 6) is -0.361. The van der Waals surface area contributed by atoms with Gasteiger partial charge in [0, 0.05) is 32.2 Å². The van der Waals surface area contributed by atoms with E-state index in [0.717, 1.165) is 4.90 Å². The number of carbonyl (C=O) groups is 2. The smallest absolute Gasteiger partial charge is 0.332 e. The summed E-state index contributed by atoms with van der Waals surface area (Å²) in [5, 5.41) is 10.8. The van der Waals surface area contributed by atoms with Crippen LogP contribution in [0.25, 0.3) is 0 Å². The highest BCUT2D eigenvalue weighted by atomic mass is 16.6. The summed E-state index contributed by atoms with van der Waals surface area (Å²) in [6.45, 7) is 0.358. The van der Waals surface area contributed by atoms with Crippen molar-refractivity contribution in [3.8, 4) is 0 Å². The summed E-state index contributed by atoms with van der Waals surface area (Å²) >= 11 is 0. The van der Waals surface area contributed by atoms with Crippen LogP contribution in [0.2, 0.25) is 0 Å². The highest BCUT2D eigenvalue weighted by Crippen LogP contribution is 2.33. The molecule has 2 fully saturated rings. The number of nitro benzene ring substituents is 1. The Bertz CT molecular complexity index is 608. The molecule has 2 aliphatic rings. The Morgan fingerprint density at radius 1 is 1.38 bits per heavy atom. The summed E-state index contributed by atoms with van der Waals surface area (Å²) in [6.07, 6.45) is 0.308. The summed E-state index contributed by atoms with van der Waals surface area (Å²) in [4.78, 5) is 37.4. The molecule has 8 nitrogen and oxygen atoms in total. The molecule has 2 saturated heterocycles. The lowest BCUT2D eigenvalue weighted by Crippen LogP contribution is -2.35. The molecule has 0 aliphatic carbocycles. The van der Waals surface area contributed by atoms with E-state index in [2.05, 4.69) is 0 Å². The Labute approximate surface area is 120 Å². The van der Waals surface area contributed by atoms with Gasteiger partial charge in [-0.1, -0.05) is 6.07 Å². The van der Waals surface area contributed by atoms with E-state index in [-0.39, 0.29) is 23.4 Å². The molecular formula is C13H13N3O5. The molecule has 1 aromatic carbocycles. The first kappa shape index (κ1) is 13.5. The van der Waals surface area contributed by atoms with Crippen molar-refractivity contribution in [2.24, 2.45) is 0 Å². The number of ether oxygens (including phenoxy) is 1. The van der Waals surface area contributed by atoms with E-state index in [4.69, 9.17) is 4.74 Å². The molecule has 0 radical (unpaired) electrons. The molecule has 0 saturated carbocycles. The molecule has 8 heteroatoms. The number of nitrogens with zero attached hydrogens (tertiary/aromatic N) is 3. The molecule has 2 unspecified atom stereocenters. The number of nitro groups is 1. The van der Waals surface area contributed by atoms with Crippen LogP contribution in [-0.2, 0) is 9.53 Å². The van der Waals surface area contributed by atoms with Gasteiger partial charge in [0.15, 0.2) is 0 Å². The Hall–Kier alpha value is -2.48. The van der Waals surface area contributed by atoms with E-state index in [1.165, 1.54) is 29.2 Å². The van der Waals surface area contributed by atoms with Gasteiger partial charge < -0.3 is 9.64 Å². The van der Waals surface area contributed by atoms with Gasteiger partial charge in [-0.2, -0.15) is 0 Å². The quantitative estimate of drug-likeness (QED) is 0.473. The Morgan fingerprint density at radius 3 is 2.76 bits per heavy atom. The van der Waals surface area contributed by atoms with Crippen molar-refractivity contribution in [2.45, 2.75) is 18.6 Å². The second kappa shape index (κ2) is 4.81. The van der Waals surface area contributed by atoms with Crippen molar-refractivity contribution in [2.75, 3.05) is 18.6 Å². The lowest BCUT2D eigenvalue weighted by Gasteiger charge is -2.17. The third kappa shape index (κ3) is 2.04. The summed E-state index contributed by atoms with van der Waals surface area (Å²) in [5.41, 5.74) is 0.0671. The lowest BCUT2D eigenvalue weighted by molar-refractivity contribution is -0.384. The average Bonchev–Trinajstić information content (AvgIpc) is 3.00. The number of imide groups is 1. The number of fused-ring (bicyclic) bond motifs is 1. The first-order valence-electron chi connectivity index (χ1n) is 6.44. The molecule has 21 heavy (non-hydrogen) atoms. The van der Waals surface area contributed by atoms with E-state index in [1.807, 2.05) is 0 Å². The number of non-ortho nitro benzene ring substituents is 1. The average molecular weight is 291 g/mol. The van der Waals surface area contributed by atoms with Gasteiger partial charge >= 0.3 is 6.03 Å². The maximum atomic E-state index is 12.4. The molecule has 0 N–H and O–H groups in total. The van der Waals surface area contributed by atoms with Crippen LogP contribution in [0.1, 0.15) is 6.42 Å². The van der Waals surface area contributed by atoms with E-state index < -0.39 is 17.0 Å². The second-order valence-corrected chi connectivity index (χ2v) is 4.99. The van der Waals surface area contributed by atoms with Crippen LogP contribution in [0.5, 0.6) is 0 Å². The first-order valence-corrected chi connectivity index (χ1v) is 6.44. The van der Waals surface area contributed by atoms with E-state index >= 15 is 0 Å². The Morgan fingerprint density at radius 2 is 2.14 bits per heavy atom. The predicted molar refractivity (Wildman–Crippen MR) is 71.9 cm³/mol. The molecule has 1 aromatic rings. The van der Waals surface area contributed by atoms with Crippen LogP contribution in [0, 0.1) is 10.1 Å². The lowest BCUT2D eigenvalue weighted by atomic mass is 10.2. The van der Waals surface area contributed by atoms with Gasteiger partial charge in [-0.3, -0.25) is 14.9 Å². The van der Waals surface area contributed by atoms with Gasteiger partial charge in [-0.15, -0.1) is 0 Å². The number of benzene rings is 1. The molecule has 110 valence electrons. The van der Waals surface area contributed by atoms with E-state index in [0.29, 0.717) is 13.0 Å². The zero-order valence-electron chi connectivity index (χ0n) is 11.3. The fourth-order valence-electron chi connectivity index (χ4n) is 2.77. The molecule has 0 bridgehead atoms. The van der Waals surface area contributed by atoms with Crippen molar-refractivity contribution in [3.05, 3.63) is 34.4 Å². The fraction of sp³-hybridized carbons (Fsp3) is 0.385. The van der Waals surface area contributed by atoms with Crippen molar-refractivity contribution in [1.29, 1.82) is 0 Å². The van der Waals surface area contributed by atoms with Crippen molar-refractivity contribution < 1.29 is 19.2 Å². The van der Waals surface area contributed by atoms with E-state index in [1.54, 1.807) is 7.11 Å². The summed E-state index contributed by atoms with van der Waals surface area (Å²) in [6, 6.07) is 4.52.